The fourth-order valence-electron chi connectivity index (χ4n) is 4.32. The highest BCUT2D eigenvalue weighted by molar-refractivity contribution is 6.00. The summed E-state index contributed by atoms with van der Waals surface area (Å²) in [7, 11) is 0. The highest BCUT2D eigenvalue weighted by atomic mass is 16.6. The standard InChI is InChI=1S/C32H39N3O4/c1-22-11-14-25(15-12-22)18-20-35(27-16-13-23(2)24(3)21-27)30(37)29(26-9-7-6-8-10-26)34-28(36)17-19-32(4,5)39-31(33)38/h6-16,21,29H,17-20H2,1-5H3,(H2,33,38)(H,34,36). The molecule has 7 nitrogen and oxygen atoms in total. The van der Waals surface area contributed by atoms with Crippen LogP contribution in [-0.4, -0.2) is 30.1 Å². The summed E-state index contributed by atoms with van der Waals surface area (Å²) in [6.07, 6.45) is 0.0817. The van der Waals surface area contributed by atoms with E-state index >= 15 is 0 Å². The summed E-state index contributed by atoms with van der Waals surface area (Å²) in [6.45, 7) is 9.93. The maximum atomic E-state index is 14.2. The predicted molar refractivity (Wildman–Crippen MR) is 154 cm³/mol. The van der Waals surface area contributed by atoms with E-state index in [0.29, 0.717) is 18.5 Å². The van der Waals surface area contributed by atoms with Crippen LogP contribution < -0.4 is 16.0 Å². The van der Waals surface area contributed by atoms with Crippen LogP contribution in [0.1, 0.15) is 60.5 Å². The third-order valence-electron chi connectivity index (χ3n) is 6.83. The molecule has 3 N–H and O–H groups in total. The lowest BCUT2D eigenvalue weighted by Gasteiger charge is -2.29. The molecule has 3 aromatic carbocycles. The van der Waals surface area contributed by atoms with Crippen molar-refractivity contribution in [2.45, 2.75) is 65.5 Å². The number of nitrogens with one attached hydrogen (secondary N) is 1. The zero-order valence-electron chi connectivity index (χ0n) is 23.5. The van der Waals surface area contributed by atoms with Crippen LogP contribution in [0.25, 0.3) is 0 Å². The van der Waals surface area contributed by atoms with Crippen LogP contribution in [0, 0.1) is 20.8 Å². The number of carbonyl (C=O) groups is 3. The molecule has 0 aromatic heterocycles. The van der Waals surface area contributed by atoms with Gasteiger partial charge in [0.25, 0.3) is 5.91 Å². The van der Waals surface area contributed by atoms with Crippen LogP contribution in [0.15, 0.2) is 72.8 Å². The molecule has 0 saturated carbocycles. The monoisotopic (exact) mass is 529 g/mol. The van der Waals surface area contributed by atoms with Crippen LogP contribution >= 0.6 is 0 Å². The van der Waals surface area contributed by atoms with Gasteiger partial charge in [0.2, 0.25) is 5.91 Å². The molecule has 0 radical (unpaired) electrons. The van der Waals surface area contributed by atoms with Gasteiger partial charge in [-0.3, -0.25) is 9.59 Å². The molecule has 0 bridgehead atoms. The topological polar surface area (TPSA) is 102 Å². The minimum absolute atomic E-state index is 0.0594. The van der Waals surface area contributed by atoms with Crippen LogP contribution in [0.5, 0.6) is 0 Å². The molecule has 0 heterocycles. The first kappa shape index (κ1) is 29.4. The molecule has 0 aliphatic carbocycles. The van der Waals surface area contributed by atoms with E-state index in [1.54, 1.807) is 18.7 Å². The smallest absolute Gasteiger partial charge is 0.405 e. The summed E-state index contributed by atoms with van der Waals surface area (Å²) >= 11 is 0. The first-order valence-corrected chi connectivity index (χ1v) is 13.2. The Bertz CT molecular complexity index is 1290. The molecule has 3 rings (SSSR count). The number of rotatable bonds is 11. The van der Waals surface area contributed by atoms with Gasteiger partial charge in [-0.2, -0.15) is 0 Å². The maximum absolute atomic E-state index is 14.2. The zero-order chi connectivity index (χ0) is 28.6. The molecule has 0 spiro atoms. The van der Waals surface area contributed by atoms with Crippen molar-refractivity contribution in [3.8, 4) is 0 Å². The number of anilines is 1. The van der Waals surface area contributed by atoms with E-state index in [4.69, 9.17) is 10.5 Å². The number of carbonyl (C=O) groups excluding carboxylic acids is 3. The molecule has 0 saturated heterocycles. The molecule has 206 valence electrons. The highest BCUT2D eigenvalue weighted by Gasteiger charge is 2.30. The van der Waals surface area contributed by atoms with Gasteiger partial charge in [0.05, 0.1) is 0 Å². The van der Waals surface area contributed by atoms with Crippen LogP contribution in [0.2, 0.25) is 0 Å². The molecule has 3 aromatic rings. The lowest BCUT2D eigenvalue weighted by molar-refractivity contribution is -0.128. The van der Waals surface area contributed by atoms with Crippen LogP contribution in [0.3, 0.4) is 0 Å². The van der Waals surface area contributed by atoms with E-state index in [-0.39, 0.29) is 24.7 Å². The van der Waals surface area contributed by atoms with Crippen molar-refractivity contribution in [3.63, 3.8) is 0 Å². The molecule has 0 aliphatic heterocycles. The summed E-state index contributed by atoms with van der Waals surface area (Å²) in [4.78, 5) is 40.3. The number of amides is 3. The third-order valence-corrected chi connectivity index (χ3v) is 6.83. The Kier molecular flexibility index (Phi) is 9.88. The molecule has 7 heteroatoms. The lowest BCUT2D eigenvalue weighted by Crippen LogP contribution is -2.44. The van der Waals surface area contributed by atoms with Crippen LogP contribution in [0.4, 0.5) is 10.5 Å². The second-order valence-electron chi connectivity index (χ2n) is 10.6. The van der Waals surface area contributed by atoms with Gasteiger partial charge in [-0.25, -0.2) is 4.79 Å². The van der Waals surface area contributed by atoms with E-state index in [0.717, 1.165) is 22.4 Å². The van der Waals surface area contributed by atoms with Crippen molar-refractivity contribution >= 4 is 23.6 Å². The molecule has 39 heavy (non-hydrogen) atoms. The highest BCUT2D eigenvalue weighted by Crippen LogP contribution is 2.25. The second-order valence-corrected chi connectivity index (χ2v) is 10.6. The molecular weight excluding hydrogens is 490 g/mol. The number of hydrogen-bond donors (Lipinski definition) is 2. The van der Waals surface area contributed by atoms with Crippen molar-refractivity contribution < 1.29 is 19.1 Å². The van der Waals surface area contributed by atoms with Gasteiger partial charge in [0.1, 0.15) is 11.6 Å². The molecule has 0 fully saturated rings. The fourth-order valence-corrected chi connectivity index (χ4v) is 4.32. The van der Waals surface area contributed by atoms with Crippen molar-refractivity contribution in [3.05, 3.63) is 101 Å². The number of aryl methyl sites for hydroxylation is 3. The van der Waals surface area contributed by atoms with Gasteiger partial charge in [-0.1, -0.05) is 66.2 Å². The number of benzene rings is 3. The van der Waals surface area contributed by atoms with Crippen molar-refractivity contribution in [1.29, 1.82) is 0 Å². The van der Waals surface area contributed by atoms with Gasteiger partial charge >= 0.3 is 6.09 Å². The Morgan fingerprint density at radius 1 is 0.923 bits per heavy atom. The fraction of sp³-hybridized carbons (Fsp3) is 0.344. The normalized spacial score (nSPS) is 11.9. The van der Waals surface area contributed by atoms with E-state index < -0.39 is 17.7 Å². The lowest BCUT2D eigenvalue weighted by atomic mass is 10.0. The molecule has 1 atom stereocenters. The molecule has 1 unspecified atom stereocenters. The quantitative estimate of drug-likeness (QED) is 0.333. The van der Waals surface area contributed by atoms with E-state index in [2.05, 4.69) is 29.6 Å². The third kappa shape index (κ3) is 8.70. The van der Waals surface area contributed by atoms with Gasteiger partial charge in [0.15, 0.2) is 0 Å². The van der Waals surface area contributed by atoms with Crippen molar-refractivity contribution in [2.24, 2.45) is 5.73 Å². The number of nitrogens with two attached hydrogens (primary N) is 1. The minimum atomic E-state index is -0.908. The largest absolute Gasteiger partial charge is 0.444 e. The number of nitrogens with zero attached hydrogens (tertiary/aromatic N) is 1. The van der Waals surface area contributed by atoms with Gasteiger partial charge in [-0.15, -0.1) is 0 Å². The first-order chi connectivity index (χ1) is 18.4. The predicted octanol–water partition coefficient (Wildman–Crippen LogP) is 5.70. The average Bonchev–Trinajstić information content (AvgIpc) is 2.89. The molecule has 0 aliphatic rings. The Hall–Kier alpha value is -4.13. The minimum Gasteiger partial charge on any atom is -0.444 e. The number of ether oxygens (including phenoxy) is 1. The van der Waals surface area contributed by atoms with Gasteiger partial charge < -0.3 is 20.7 Å². The van der Waals surface area contributed by atoms with Gasteiger partial charge in [0, 0.05) is 18.7 Å². The Morgan fingerprint density at radius 3 is 2.21 bits per heavy atom. The van der Waals surface area contributed by atoms with Crippen molar-refractivity contribution in [2.75, 3.05) is 11.4 Å². The summed E-state index contributed by atoms with van der Waals surface area (Å²) in [6, 6.07) is 22.6. The summed E-state index contributed by atoms with van der Waals surface area (Å²) < 4.78 is 5.11. The maximum Gasteiger partial charge on any atom is 0.405 e. The van der Waals surface area contributed by atoms with E-state index in [1.165, 1.54) is 5.56 Å². The Morgan fingerprint density at radius 2 is 1.59 bits per heavy atom. The molecule has 3 amide bonds. The molecular formula is C32H39N3O4. The summed E-state index contributed by atoms with van der Waals surface area (Å²) in [5, 5.41) is 2.94. The summed E-state index contributed by atoms with van der Waals surface area (Å²) in [5.74, 6) is -0.547. The zero-order valence-corrected chi connectivity index (χ0v) is 23.5. The SMILES string of the molecule is Cc1ccc(CCN(C(=O)C(NC(=O)CCC(C)(C)OC(N)=O)c2ccccc2)c2ccc(C)c(C)c2)cc1. The summed E-state index contributed by atoms with van der Waals surface area (Å²) in [5.41, 5.74) is 10.2. The van der Waals surface area contributed by atoms with E-state index in [1.807, 2.05) is 69.3 Å². The number of primary amides is 1. The Balaban J connectivity index is 1.89. The Labute approximate surface area is 231 Å². The second kappa shape index (κ2) is 13.1. The van der Waals surface area contributed by atoms with E-state index in [9.17, 15) is 14.4 Å². The number of hydrogen-bond acceptors (Lipinski definition) is 4. The first-order valence-electron chi connectivity index (χ1n) is 13.2. The van der Waals surface area contributed by atoms with Gasteiger partial charge in [-0.05, 0) is 81.8 Å². The van der Waals surface area contributed by atoms with Crippen LogP contribution in [-0.2, 0) is 20.7 Å². The average molecular weight is 530 g/mol. The van der Waals surface area contributed by atoms with Crippen molar-refractivity contribution in [1.82, 2.24) is 5.32 Å².